The molecule has 2 amide bonds. The molecule has 3 aromatic rings. The van der Waals surface area contributed by atoms with Crippen molar-refractivity contribution in [3.8, 4) is 16.9 Å². The van der Waals surface area contributed by atoms with Crippen molar-refractivity contribution in [1.82, 2.24) is 9.80 Å². The van der Waals surface area contributed by atoms with E-state index in [0.717, 1.165) is 33.0 Å². The van der Waals surface area contributed by atoms with Crippen LogP contribution in [0.3, 0.4) is 0 Å². The zero-order valence-electron chi connectivity index (χ0n) is 17.5. The first-order valence-electron chi connectivity index (χ1n) is 10.5. The van der Waals surface area contributed by atoms with Crippen LogP contribution in [0.5, 0.6) is 5.75 Å². The Kier molecular flexibility index (Phi) is 5.08. The summed E-state index contributed by atoms with van der Waals surface area (Å²) in [6.07, 6.45) is 0. The minimum absolute atomic E-state index is 0.0105. The second-order valence-corrected chi connectivity index (χ2v) is 7.97. The molecule has 2 aliphatic heterocycles. The van der Waals surface area contributed by atoms with Gasteiger partial charge in [-0.05, 0) is 40.3 Å². The molecule has 1 fully saturated rings. The van der Waals surface area contributed by atoms with Crippen LogP contribution in [-0.4, -0.2) is 61.6 Å². The van der Waals surface area contributed by atoms with Crippen LogP contribution < -0.4 is 4.74 Å². The molecule has 0 saturated carbocycles. The fraction of sp³-hybridized carbons (Fsp3) is 0.280. The molecular weight excluding hydrogens is 392 g/mol. The lowest BCUT2D eigenvalue weighted by Gasteiger charge is -2.26. The molecule has 0 atom stereocenters. The number of hydrogen-bond donors (Lipinski definition) is 0. The van der Waals surface area contributed by atoms with Crippen molar-refractivity contribution in [2.45, 2.75) is 6.54 Å². The summed E-state index contributed by atoms with van der Waals surface area (Å²) in [6, 6.07) is 18.0. The largest absolute Gasteiger partial charge is 0.483 e. The number of morpholine rings is 1. The van der Waals surface area contributed by atoms with Gasteiger partial charge in [-0.15, -0.1) is 0 Å². The molecule has 0 unspecified atom stereocenters. The Bertz CT molecular complexity index is 1170. The first-order valence-corrected chi connectivity index (χ1v) is 10.5. The third-order valence-electron chi connectivity index (χ3n) is 6.00. The Balaban J connectivity index is 1.44. The number of benzene rings is 3. The highest BCUT2D eigenvalue weighted by Gasteiger charge is 2.24. The number of carbonyl (C=O) groups is 2. The SMILES string of the molecule is CN1Cc2cc(-c3ccc(OCC(=O)N4CCOCC4)c4ccccc34)ccc2C1=O. The van der Waals surface area contributed by atoms with E-state index in [-0.39, 0.29) is 18.4 Å². The molecule has 0 N–H and O–H groups in total. The lowest BCUT2D eigenvalue weighted by molar-refractivity contribution is -0.137. The molecule has 0 aliphatic carbocycles. The Morgan fingerprint density at radius 2 is 1.74 bits per heavy atom. The molecule has 2 aliphatic rings. The summed E-state index contributed by atoms with van der Waals surface area (Å²) in [5, 5.41) is 2.01. The summed E-state index contributed by atoms with van der Waals surface area (Å²) in [5.41, 5.74) is 3.96. The lowest BCUT2D eigenvalue weighted by atomic mass is 9.95. The van der Waals surface area contributed by atoms with Crippen LogP contribution in [0.4, 0.5) is 0 Å². The summed E-state index contributed by atoms with van der Waals surface area (Å²) in [5.74, 6) is 0.737. The molecular formula is C25H24N2O4. The quantitative estimate of drug-likeness (QED) is 0.655. The number of fused-ring (bicyclic) bond motifs is 2. The van der Waals surface area contributed by atoms with Gasteiger partial charge < -0.3 is 19.3 Å². The van der Waals surface area contributed by atoms with Crippen LogP contribution in [0.15, 0.2) is 54.6 Å². The number of amides is 2. The van der Waals surface area contributed by atoms with E-state index >= 15 is 0 Å². The Morgan fingerprint density at radius 1 is 1.00 bits per heavy atom. The Hall–Kier alpha value is -3.38. The second kappa shape index (κ2) is 8.04. The fourth-order valence-corrected chi connectivity index (χ4v) is 4.33. The van der Waals surface area contributed by atoms with Crippen molar-refractivity contribution in [3.05, 3.63) is 65.7 Å². The van der Waals surface area contributed by atoms with Crippen molar-refractivity contribution in [1.29, 1.82) is 0 Å². The highest BCUT2D eigenvalue weighted by atomic mass is 16.5. The van der Waals surface area contributed by atoms with Crippen LogP contribution in [0.25, 0.3) is 21.9 Å². The summed E-state index contributed by atoms with van der Waals surface area (Å²) < 4.78 is 11.3. The summed E-state index contributed by atoms with van der Waals surface area (Å²) >= 11 is 0. The maximum atomic E-state index is 12.5. The van der Waals surface area contributed by atoms with Crippen molar-refractivity contribution >= 4 is 22.6 Å². The molecule has 31 heavy (non-hydrogen) atoms. The zero-order chi connectivity index (χ0) is 21.4. The van der Waals surface area contributed by atoms with E-state index in [1.165, 1.54) is 0 Å². The molecule has 6 nitrogen and oxygen atoms in total. The van der Waals surface area contributed by atoms with Gasteiger partial charge in [-0.25, -0.2) is 0 Å². The van der Waals surface area contributed by atoms with E-state index < -0.39 is 0 Å². The minimum atomic E-state index is -0.0242. The highest BCUT2D eigenvalue weighted by molar-refractivity contribution is 6.02. The maximum absolute atomic E-state index is 12.5. The van der Waals surface area contributed by atoms with Gasteiger partial charge in [0, 0.05) is 37.6 Å². The molecule has 5 rings (SSSR count). The molecule has 0 radical (unpaired) electrons. The van der Waals surface area contributed by atoms with Gasteiger partial charge in [-0.3, -0.25) is 9.59 Å². The lowest BCUT2D eigenvalue weighted by Crippen LogP contribution is -2.42. The fourth-order valence-electron chi connectivity index (χ4n) is 4.33. The third kappa shape index (κ3) is 3.64. The Morgan fingerprint density at radius 3 is 2.55 bits per heavy atom. The summed E-state index contributed by atoms with van der Waals surface area (Å²) in [7, 11) is 1.82. The molecule has 6 heteroatoms. The van der Waals surface area contributed by atoms with Crippen LogP contribution in [0.1, 0.15) is 15.9 Å². The van der Waals surface area contributed by atoms with E-state index in [2.05, 4.69) is 12.1 Å². The number of rotatable bonds is 4. The first kappa shape index (κ1) is 19.6. The number of ether oxygens (including phenoxy) is 2. The number of nitrogens with zero attached hydrogens (tertiary/aromatic N) is 2. The van der Waals surface area contributed by atoms with E-state index in [4.69, 9.17) is 9.47 Å². The van der Waals surface area contributed by atoms with E-state index in [0.29, 0.717) is 38.6 Å². The molecule has 1 saturated heterocycles. The molecule has 0 aromatic heterocycles. The summed E-state index contributed by atoms with van der Waals surface area (Å²) in [4.78, 5) is 28.2. The highest BCUT2D eigenvalue weighted by Crippen LogP contribution is 2.36. The Labute approximate surface area is 181 Å². The van der Waals surface area contributed by atoms with E-state index in [1.807, 2.05) is 49.5 Å². The number of carbonyl (C=O) groups excluding carboxylic acids is 2. The first-order chi connectivity index (χ1) is 15.1. The zero-order valence-corrected chi connectivity index (χ0v) is 17.5. The summed E-state index contributed by atoms with van der Waals surface area (Å²) in [6.45, 7) is 3.01. The van der Waals surface area contributed by atoms with Gasteiger partial charge in [-0.2, -0.15) is 0 Å². The van der Waals surface area contributed by atoms with Crippen LogP contribution in [0, 0.1) is 0 Å². The van der Waals surface area contributed by atoms with Crippen LogP contribution in [0.2, 0.25) is 0 Å². The smallest absolute Gasteiger partial charge is 0.260 e. The van der Waals surface area contributed by atoms with Crippen LogP contribution in [-0.2, 0) is 16.1 Å². The van der Waals surface area contributed by atoms with E-state index in [1.54, 1.807) is 9.80 Å². The molecule has 3 aromatic carbocycles. The monoisotopic (exact) mass is 416 g/mol. The van der Waals surface area contributed by atoms with Gasteiger partial charge in [0.2, 0.25) is 0 Å². The van der Waals surface area contributed by atoms with Crippen molar-refractivity contribution in [2.75, 3.05) is 40.0 Å². The molecule has 0 bridgehead atoms. The molecule has 2 heterocycles. The standard InChI is InChI=1S/C25H24N2O4/c1-26-15-18-14-17(6-7-20(18)25(26)29)19-8-9-23(22-5-3-2-4-21(19)22)31-16-24(28)27-10-12-30-13-11-27/h2-9,14H,10-13,15-16H2,1H3. The normalized spacial score (nSPS) is 16.0. The van der Waals surface area contributed by atoms with Gasteiger partial charge >= 0.3 is 0 Å². The third-order valence-corrected chi connectivity index (χ3v) is 6.00. The predicted molar refractivity (Wildman–Crippen MR) is 118 cm³/mol. The predicted octanol–water partition coefficient (Wildman–Crippen LogP) is 3.33. The average molecular weight is 416 g/mol. The average Bonchev–Trinajstić information content (AvgIpc) is 3.10. The van der Waals surface area contributed by atoms with Gasteiger partial charge in [0.15, 0.2) is 6.61 Å². The molecule has 158 valence electrons. The van der Waals surface area contributed by atoms with E-state index in [9.17, 15) is 9.59 Å². The topological polar surface area (TPSA) is 59.1 Å². The van der Waals surface area contributed by atoms with Crippen LogP contribution >= 0.6 is 0 Å². The number of hydrogen-bond acceptors (Lipinski definition) is 4. The van der Waals surface area contributed by atoms with Gasteiger partial charge in [-0.1, -0.05) is 36.4 Å². The maximum Gasteiger partial charge on any atom is 0.260 e. The second-order valence-electron chi connectivity index (χ2n) is 7.97. The van der Waals surface area contributed by atoms with Gasteiger partial charge in [0.1, 0.15) is 5.75 Å². The van der Waals surface area contributed by atoms with Crippen molar-refractivity contribution in [3.63, 3.8) is 0 Å². The van der Waals surface area contributed by atoms with Gasteiger partial charge in [0.05, 0.1) is 13.2 Å². The molecule has 0 spiro atoms. The van der Waals surface area contributed by atoms with Gasteiger partial charge in [0.25, 0.3) is 11.8 Å². The van der Waals surface area contributed by atoms with Crippen molar-refractivity contribution in [2.24, 2.45) is 0 Å². The minimum Gasteiger partial charge on any atom is -0.483 e. The van der Waals surface area contributed by atoms with Crippen molar-refractivity contribution < 1.29 is 19.1 Å².